The molecule has 0 aliphatic rings. The molecular formula is C27H38N2O6. The molecule has 0 bridgehead atoms. The lowest BCUT2D eigenvalue weighted by atomic mass is 10.1. The molecule has 0 amide bonds. The Kier molecular flexibility index (Phi) is 12.3. The number of unbranched alkanes of at least 4 members (excludes halogenated alkanes) is 4. The molecule has 0 radical (unpaired) electrons. The summed E-state index contributed by atoms with van der Waals surface area (Å²) >= 11 is 0. The predicted molar refractivity (Wildman–Crippen MR) is 137 cm³/mol. The second-order valence-electron chi connectivity index (χ2n) is 8.35. The molecule has 0 spiro atoms. The molecule has 8 nitrogen and oxygen atoms in total. The second-order valence-corrected chi connectivity index (χ2v) is 8.35. The SMILES string of the molecule is CCCCOc1ccc(CCC(=O)OCCCCCCOC(=O)c2cc(N)cc(N)c2)cc1OC. The Hall–Kier alpha value is -3.42. The highest BCUT2D eigenvalue weighted by Crippen LogP contribution is 2.28. The molecule has 0 atom stereocenters. The van der Waals surface area contributed by atoms with Crippen LogP contribution in [0, 0.1) is 0 Å². The van der Waals surface area contributed by atoms with Crippen LogP contribution >= 0.6 is 0 Å². The molecule has 0 heterocycles. The number of benzene rings is 2. The van der Waals surface area contributed by atoms with Gasteiger partial charge in [-0.25, -0.2) is 4.79 Å². The molecule has 2 aromatic carbocycles. The Balaban J connectivity index is 1.55. The summed E-state index contributed by atoms with van der Waals surface area (Å²) in [4.78, 5) is 24.1. The van der Waals surface area contributed by atoms with E-state index in [4.69, 9.17) is 30.4 Å². The molecule has 192 valence electrons. The highest BCUT2D eigenvalue weighted by molar-refractivity contribution is 5.91. The second kappa shape index (κ2) is 15.5. The van der Waals surface area contributed by atoms with Gasteiger partial charge in [-0.1, -0.05) is 19.4 Å². The lowest BCUT2D eigenvalue weighted by Gasteiger charge is -2.12. The number of hydrogen-bond donors (Lipinski definition) is 2. The van der Waals surface area contributed by atoms with Crippen molar-refractivity contribution in [2.75, 3.05) is 38.4 Å². The smallest absolute Gasteiger partial charge is 0.338 e. The van der Waals surface area contributed by atoms with Crippen LogP contribution in [0.5, 0.6) is 11.5 Å². The van der Waals surface area contributed by atoms with Gasteiger partial charge in [0.2, 0.25) is 0 Å². The van der Waals surface area contributed by atoms with E-state index in [1.54, 1.807) is 25.3 Å². The Bertz CT molecular complexity index is 927. The Labute approximate surface area is 207 Å². The van der Waals surface area contributed by atoms with Gasteiger partial charge in [-0.05, 0) is 74.4 Å². The van der Waals surface area contributed by atoms with Crippen LogP contribution in [0.1, 0.15) is 67.8 Å². The molecule has 4 N–H and O–H groups in total. The fourth-order valence-corrected chi connectivity index (χ4v) is 3.42. The standard InChI is InChI=1S/C27H38N2O6/c1-3-4-13-33-24-11-9-20(16-25(24)32-2)10-12-26(30)34-14-7-5-6-8-15-35-27(31)21-17-22(28)19-23(29)18-21/h9,11,16-19H,3-8,10,12-15,28-29H2,1-2H3. The minimum Gasteiger partial charge on any atom is -0.493 e. The van der Waals surface area contributed by atoms with E-state index in [9.17, 15) is 9.59 Å². The number of aryl methyl sites for hydroxylation is 1. The summed E-state index contributed by atoms with van der Waals surface area (Å²) in [6.07, 6.45) is 6.20. The molecule has 35 heavy (non-hydrogen) atoms. The average Bonchev–Trinajstić information content (AvgIpc) is 2.84. The van der Waals surface area contributed by atoms with Crippen molar-refractivity contribution < 1.29 is 28.5 Å². The largest absolute Gasteiger partial charge is 0.493 e. The first-order valence-corrected chi connectivity index (χ1v) is 12.2. The number of carbonyl (C=O) groups is 2. The number of nitrogen functional groups attached to an aromatic ring is 2. The third-order valence-electron chi connectivity index (χ3n) is 5.35. The molecule has 2 rings (SSSR count). The van der Waals surface area contributed by atoms with Crippen LogP contribution in [0.4, 0.5) is 11.4 Å². The summed E-state index contributed by atoms with van der Waals surface area (Å²) in [6.45, 7) is 3.47. The average molecular weight is 487 g/mol. The molecule has 2 aromatic rings. The Morgan fingerprint density at radius 3 is 2.14 bits per heavy atom. The summed E-state index contributed by atoms with van der Waals surface area (Å²) in [5.41, 5.74) is 13.6. The zero-order valence-corrected chi connectivity index (χ0v) is 20.8. The molecule has 0 unspecified atom stereocenters. The van der Waals surface area contributed by atoms with E-state index in [-0.39, 0.29) is 5.97 Å². The molecule has 0 fully saturated rings. The molecule has 0 saturated heterocycles. The van der Waals surface area contributed by atoms with E-state index in [0.29, 0.717) is 55.4 Å². The van der Waals surface area contributed by atoms with Crippen LogP contribution in [0.2, 0.25) is 0 Å². The van der Waals surface area contributed by atoms with Crippen LogP contribution in [-0.2, 0) is 20.7 Å². The summed E-state index contributed by atoms with van der Waals surface area (Å²) in [5, 5.41) is 0. The van der Waals surface area contributed by atoms with E-state index >= 15 is 0 Å². The number of hydrogen-bond acceptors (Lipinski definition) is 8. The quantitative estimate of drug-likeness (QED) is 0.194. The highest BCUT2D eigenvalue weighted by atomic mass is 16.5. The van der Waals surface area contributed by atoms with Crippen LogP contribution in [0.25, 0.3) is 0 Å². The maximum absolute atomic E-state index is 12.1. The van der Waals surface area contributed by atoms with Gasteiger partial charge in [0.05, 0.1) is 32.5 Å². The number of nitrogens with two attached hydrogens (primary N) is 2. The Morgan fingerprint density at radius 1 is 0.800 bits per heavy atom. The first-order chi connectivity index (χ1) is 16.9. The van der Waals surface area contributed by atoms with Crippen molar-refractivity contribution in [2.45, 2.75) is 58.3 Å². The van der Waals surface area contributed by atoms with Gasteiger partial charge in [-0.3, -0.25) is 4.79 Å². The normalized spacial score (nSPS) is 10.6. The monoisotopic (exact) mass is 486 g/mol. The Morgan fingerprint density at radius 2 is 1.49 bits per heavy atom. The van der Waals surface area contributed by atoms with Gasteiger partial charge in [-0.2, -0.15) is 0 Å². The number of anilines is 2. The van der Waals surface area contributed by atoms with E-state index < -0.39 is 5.97 Å². The third kappa shape index (κ3) is 10.6. The van der Waals surface area contributed by atoms with E-state index in [1.165, 1.54) is 0 Å². The molecular weight excluding hydrogens is 448 g/mol. The molecule has 0 aromatic heterocycles. The molecule has 0 aliphatic heterocycles. The fraction of sp³-hybridized carbons (Fsp3) is 0.481. The number of esters is 2. The predicted octanol–water partition coefficient (Wildman–Crippen LogP) is 4.93. The van der Waals surface area contributed by atoms with Gasteiger partial charge in [-0.15, -0.1) is 0 Å². The summed E-state index contributed by atoms with van der Waals surface area (Å²) in [7, 11) is 1.61. The zero-order chi connectivity index (χ0) is 25.5. The van der Waals surface area contributed by atoms with Gasteiger partial charge in [0.1, 0.15) is 0 Å². The van der Waals surface area contributed by atoms with Crippen molar-refractivity contribution in [3.05, 3.63) is 47.5 Å². The van der Waals surface area contributed by atoms with E-state index in [2.05, 4.69) is 6.92 Å². The van der Waals surface area contributed by atoms with Gasteiger partial charge in [0.15, 0.2) is 11.5 Å². The number of ether oxygens (including phenoxy) is 4. The number of methoxy groups -OCH3 is 1. The van der Waals surface area contributed by atoms with Gasteiger partial charge >= 0.3 is 11.9 Å². The van der Waals surface area contributed by atoms with Crippen molar-refractivity contribution in [3.63, 3.8) is 0 Å². The number of rotatable bonds is 16. The molecule has 0 saturated carbocycles. The van der Waals surface area contributed by atoms with Crippen LogP contribution in [0.15, 0.2) is 36.4 Å². The minimum atomic E-state index is -0.436. The van der Waals surface area contributed by atoms with Gasteiger partial charge in [0, 0.05) is 17.8 Å². The maximum atomic E-state index is 12.1. The third-order valence-corrected chi connectivity index (χ3v) is 5.35. The van der Waals surface area contributed by atoms with Crippen LogP contribution in [-0.4, -0.2) is 38.9 Å². The van der Waals surface area contributed by atoms with E-state index in [0.717, 1.165) is 49.8 Å². The van der Waals surface area contributed by atoms with Crippen molar-refractivity contribution in [3.8, 4) is 11.5 Å². The molecule has 8 heteroatoms. The van der Waals surface area contributed by atoms with Crippen molar-refractivity contribution in [2.24, 2.45) is 0 Å². The van der Waals surface area contributed by atoms with E-state index in [1.807, 2.05) is 18.2 Å². The lowest BCUT2D eigenvalue weighted by Crippen LogP contribution is -2.08. The van der Waals surface area contributed by atoms with Crippen molar-refractivity contribution >= 4 is 23.3 Å². The lowest BCUT2D eigenvalue weighted by molar-refractivity contribution is -0.143. The first kappa shape index (κ1) is 27.8. The highest BCUT2D eigenvalue weighted by Gasteiger charge is 2.10. The fourth-order valence-electron chi connectivity index (χ4n) is 3.42. The van der Waals surface area contributed by atoms with Crippen LogP contribution in [0.3, 0.4) is 0 Å². The minimum absolute atomic E-state index is 0.220. The first-order valence-electron chi connectivity index (χ1n) is 12.2. The van der Waals surface area contributed by atoms with Crippen molar-refractivity contribution in [1.82, 2.24) is 0 Å². The van der Waals surface area contributed by atoms with Crippen LogP contribution < -0.4 is 20.9 Å². The van der Waals surface area contributed by atoms with Gasteiger partial charge < -0.3 is 30.4 Å². The summed E-state index contributed by atoms with van der Waals surface area (Å²) in [6, 6.07) is 10.4. The summed E-state index contributed by atoms with van der Waals surface area (Å²) < 4.78 is 21.7. The number of carbonyl (C=O) groups excluding carboxylic acids is 2. The maximum Gasteiger partial charge on any atom is 0.338 e. The molecule has 0 aliphatic carbocycles. The van der Waals surface area contributed by atoms with Gasteiger partial charge in [0.25, 0.3) is 0 Å². The topological polar surface area (TPSA) is 123 Å². The zero-order valence-electron chi connectivity index (χ0n) is 20.8. The van der Waals surface area contributed by atoms with Crippen molar-refractivity contribution in [1.29, 1.82) is 0 Å². The summed E-state index contributed by atoms with van der Waals surface area (Å²) in [5.74, 6) is 0.739.